The summed E-state index contributed by atoms with van der Waals surface area (Å²) in [7, 11) is 0. The quantitative estimate of drug-likeness (QED) is 0.848. The standard InChI is InChI=1S/C18H25N3/c1-2-10-19-13-15-14-20-18(21-11-6-3-7-12-21)17-9-5-4-8-16(15)17/h4-5,8-9,14,19H,2-3,6-7,10-13H2,1H3. The minimum absolute atomic E-state index is 0.904. The van der Waals surface area contributed by atoms with Crippen LogP contribution in [-0.4, -0.2) is 24.6 Å². The minimum atomic E-state index is 0.904. The van der Waals surface area contributed by atoms with Gasteiger partial charge in [-0.05, 0) is 43.2 Å². The molecule has 0 bridgehead atoms. The Morgan fingerprint density at radius 3 is 2.62 bits per heavy atom. The molecule has 0 aliphatic carbocycles. The molecule has 1 saturated heterocycles. The van der Waals surface area contributed by atoms with Crippen LogP contribution in [0.5, 0.6) is 0 Å². The highest BCUT2D eigenvalue weighted by Crippen LogP contribution is 2.28. The van der Waals surface area contributed by atoms with Crippen molar-refractivity contribution in [2.24, 2.45) is 0 Å². The highest BCUT2D eigenvalue weighted by Gasteiger charge is 2.15. The average molecular weight is 283 g/mol. The topological polar surface area (TPSA) is 28.2 Å². The molecule has 3 nitrogen and oxygen atoms in total. The number of nitrogens with zero attached hydrogens (tertiary/aromatic N) is 2. The van der Waals surface area contributed by atoms with Gasteiger partial charge in [-0.15, -0.1) is 0 Å². The van der Waals surface area contributed by atoms with Crippen molar-refractivity contribution in [2.45, 2.75) is 39.2 Å². The number of aromatic nitrogens is 1. The maximum atomic E-state index is 4.80. The van der Waals surface area contributed by atoms with Crippen LogP contribution >= 0.6 is 0 Å². The van der Waals surface area contributed by atoms with Gasteiger partial charge < -0.3 is 10.2 Å². The van der Waals surface area contributed by atoms with E-state index in [1.807, 2.05) is 0 Å². The van der Waals surface area contributed by atoms with E-state index in [0.29, 0.717) is 0 Å². The first-order valence-corrected chi connectivity index (χ1v) is 8.22. The third-order valence-corrected chi connectivity index (χ3v) is 4.25. The first-order chi connectivity index (χ1) is 10.4. The largest absolute Gasteiger partial charge is 0.356 e. The second-order valence-corrected chi connectivity index (χ2v) is 5.88. The zero-order chi connectivity index (χ0) is 14.5. The van der Waals surface area contributed by atoms with Gasteiger partial charge >= 0.3 is 0 Å². The van der Waals surface area contributed by atoms with Gasteiger partial charge in [-0.2, -0.15) is 0 Å². The van der Waals surface area contributed by atoms with Crippen molar-refractivity contribution in [1.29, 1.82) is 0 Å². The number of hydrogen-bond acceptors (Lipinski definition) is 3. The number of fused-ring (bicyclic) bond motifs is 1. The Hall–Kier alpha value is -1.61. The fraction of sp³-hybridized carbons (Fsp3) is 0.500. The van der Waals surface area contributed by atoms with E-state index < -0.39 is 0 Å². The molecule has 3 rings (SSSR count). The fourth-order valence-electron chi connectivity index (χ4n) is 3.13. The Morgan fingerprint density at radius 1 is 1.10 bits per heavy atom. The van der Waals surface area contributed by atoms with E-state index in [9.17, 15) is 0 Å². The summed E-state index contributed by atoms with van der Waals surface area (Å²) in [6.45, 7) is 6.45. The minimum Gasteiger partial charge on any atom is -0.356 e. The number of anilines is 1. The van der Waals surface area contributed by atoms with E-state index >= 15 is 0 Å². The second kappa shape index (κ2) is 6.90. The molecule has 2 aromatic rings. The van der Waals surface area contributed by atoms with Gasteiger partial charge in [0.25, 0.3) is 0 Å². The van der Waals surface area contributed by atoms with Crippen LogP contribution in [0.15, 0.2) is 30.5 Å². The Labute approximate surface area is 127 Å². The molecule has 21 heavy (non-hydrogen) atoms. The van der Waals surface area contributed by atoms with Gasteiger partial charge in [0.1, 0.15) is 5.82 Å². The highest BCUT2D eigenvalue weighted by atomic mass is 15.2. The average Bonchev–Trinajstić information content (AvgIpc) is 2.56. The van der Waals surface area contributed by atoms with Gasteiger partial charge in [-0.3, -0.25) is 0 Å². The summed E-state index contributed by atoms with van der Waals surface area (Å²) in [5.74, 6) is 1.17. The molecule has 1 aromatic heterocycles. The summed E-state index contributed by atoms with van der Waals surface area (Å²) in [5.41, 5.74) is 1.31. The lowest BCUT2D eigenvalue weighted by Gasteiger charge is -2.29. The summed E-state index contributed by atoms with van der Waals surface area (Å²) >= 11 is 0. The Bertz CT molecular complexity index is 588. The highest BCUT2D eigenvalue weighted by molar-refractivity contribution is 5.94. The van der Waals surface area contributed by atoms with Crippen LogP contribution in [0.25, 0.3) is 10.8 Å². The zero-order valence-corrected chi connectivity index (χ0v) is 12.9. The molecule has 1 aromatic carbocycles. The predicted molar refractivity (Wildman–Crippen MR) is 89.8 cm³/mol. The first-order valence-electron chi connectivity index (χ1n) is 8.22. The monoisotopic (exact) mass is 283 g/mol. The summed E-state index contributed by atoms with van der Waals surface area (Å²) in [5, 5.41) is 6.13. The molecule has 0 unspecified atom stereocenters. The maximum Gasteiger partial charge on any atom is 0.136 e. The molecule has 1 aliphatic heterocycles. The molecular weight excluding hydrogens is 258 g/mol. The third kappa shape index (κ3) is 3.18. The van der Waals surface area contributed by atoms with Crippen molar-refractivity contribution >= 4 is 16.6 Å². The number of rotatable bonds is 5. The number of piperidine rings is 1. The van der Waals surface area contributed by atoms with E-state index in [-0.39, 0.29) is 0 Å². The fourth-order valence-corrected chi connectivity index (χ4v) is 3.13. The number of nitrogens with one attached hydrogen (secondary N) is 1. The SMILES string of the molecule is CCCNCc1cnc(N2CCCCC2)c2ccccc12. The molecule has 1 fully saturated rings. The number of benzene rings is 1. The first kappa shape index (κ1) is 14.3. The summed E-state index contributed by atoms with van der Waals surface area (Å²) in [4.78, 5) is 7.25. The Morgan fingerprint density at radius 2 is 1.86 bits per heavy atom. The predicted octanol–water partition coefficient (Wildman–Crippen LogP) is 3.72. The number of hydrogen-bond donors (Lipinski definition) is 1. The smallest absolute Gasteiger partial charge is 0.136 e. The maximum absolute atomic E-state index is 4.80. The molecule has 1 aliphatic rings. The van der Waals surface area contributed by atoms with Gasteiger partial charge in [0.05, 0.1) is 0 Å². The summed E-state index contributed by atoms with van der Waals surface area (Å²) in [6, 6.07) is 8.70. The molecule has 112 valence electrons. The van der Waals surface area contributed by atoms with E-state index in [1.54, 1.807) is 0 Å². The third-order valence-electron chi connectivity index (χ3n) is 4.25. The molecule has 0 atom stereocenters. The van der Waals surface area contributed by atoms with E-state index in [2.05, 4.69) is 47.6 Å². The van der Waals surface area contributed by atoms with Crippen LogP contribution < -0.4 is 10.2 Å². The van der Waals surface area contributed by atoms with Crippen LogP contribution in [0, 0.1) is 0 Å². The number of pyridine rings is 1. The van der Waals surface area contributed by atoms with Gasteiger partial charge in [0.2, 0.25) is 0 Å². The normalized spacial score (nSPS) is 15.6. The van der Waals surface area contributed by atoms with Crippen LogP contribution in [0.3, 0.4) is 0 Å². The zero-order valence-electron chi connectivity index (χ0n) is 12.9. The van der Waals surface area contributed by atoms with Crippen molar-refractivity contribution in [1.82, 2.24) is 10.3 Å². The van der Waals surface area contributed by atoms with E-state index in [1.165, 1.54) is 41.4 Å². The van der Waals surface area contributed by atoms with E-state index in [4.69, 9.17) is 4.98 Å². The van der Waals surface area contributed by atoms with Crippen molar-refractivity contribution in [2.75, 3.05) is 24.5 Å². The van der Waals surface area contributed by atoms with Gasteiger partial charge in [-0.25, -0.2) is 4.98 Å². The van der Waals surface area contributed by atoms with Crippen LogP contribution in [0.4, 0.5) is 5.82 Å². The molecule has 2 heterocycles. The van der Waals surface area contributed by atoms with Gasteiger partial charge in [0.15, 0.2) is 0 Å². The summed E-state index contributed by atoms with van der Waals surface area (Å²) in [6.07, 6.45) is 7.16. The molecular formula is C18H25N3. The van der Waals surface area contributed by atoms with Crippen molar-refractivity contribution in [3.63, 3.8) is 0 Å². The van der Waals surface area contributed by atoms with Crippen LogP contribution in [0.2, 0.25) is 0 Å². The molecule has 3 heteroatoms. The van der Waals surface area contributed by atoms with Crippen molar-refractivity contribution in [3.05, 3.63) is 36.0 Å². The lowest BCUT2D eigenvalue weighted by Crippen LogP contribution is -2.30. The van der Waals surface area contributed by atoms with Gasteiger partial charge in [-0.1, -0.05) is 31.2 Å². The molecule has 1 N–H and O–H groups in total. The Balaban J connectivity index is 1.93. The van der Waals surface area contributed by atoms with Crippen molar-refractivity contribution in [3.8, 4) is 0 Å². The lowest BCUT2D eigenvalue weighted by atomic mass is 10.0. The second-order valence-electron chi connectivity index (χ2n) is 5.88. The van der Waals surface area contributed by atoms with Crippen LogP contribution in [0.1, 0.15) is 38.2 Å². The lowest BCUT2D eigenvalue weighted by molar-refractivity contribution is 0.574. The van der Waals surface area contributed by atoms with Crippen LogP contribution in [-0.2, 0) is 6.54 Å². The summed E-state index contributed by atoms with van der Waals surface area (Å²) < 4.78 is 0. The molecule has 0 spiro atoms. The van der Waals surface area contributed by atoms with Gasteiger partial charge in [0, 0.05) is 31.2 Å². The molecule has 0 amide bonds. The van der Waals surface area contributed by atoms with Crippen molar-refractivity contribution < 1.29 is 0 Å². The van der Waals surface area contributed by atoms with E-state index in [0.717, 1.165) is 32.6 Å². The molecule has 0 saturated carbocycles. The molecule has 0 radical (unpaired) electrons. The Kier molecular flexibility index (Phi) is 4.71.